The Hall–Kier alpha value is -1.22. The van der Waals surface area contributed by atoms with Crippen molar-refractivity contribution in [1.82, 2.24) is 15.0 Å². The first-order valence-electron chi connectivity index (χ1n) is 5.62. The van der Waals surface area contributed by atoms with E-state index in [2.05, 4.69) is 46.8 Å². The van der Waals surface area contributed by atoms with Crippen molar-refractivity contribution in [2.24, 2.45) is 0 Å². The average Bonchev–Trinajstić information content (AvgIpc) is 2.97. The summed E-state index contributed by atoms with van der Waals surface area (Å²) in [5.41, 5.74) is 0.682. The number of nitrogens with zero attached hydrogens (tertiary/aromatic N) is 3. The second-order valence-electron chi connectivity index (χ2n) is 3.88. The number of hydrogen-bond donors (Lipinski definition) is 1. The molecule has 0 atom stereocenters. The molecule has 3 aromatic heterocycles. The molecule has 3 heterocycles. The number of pyridine rings is 2. The van der Waals surface area contributed by atoms with Crippen molar-refractivity contribution in [2.45, 2.75) is 0 Å². The van der Waals surface area contributed by atoms with Gasteiger partial charge in [0, 0.05) is 39.0 Å². The summed E-state index contributed by atoms with van der Waals surface area (Å²) in [6, 6.07) is 3.25. The topological polar surface area (TPSA) is 84.7 Å². The molecule has 114 valence electrons. The van der Waals surface area contributed by atoms with Gasteiger partial charge in [-0.15, -0.1) is 0 Å². The van der Waals surface area contributed by atoms with Crippen LogP contribution >= 0.6 is 55.1 Å². The first-order valence-corrected chi connectivity index (χ1v) is 7.97. The molecule has 22 heavy (non-hydrogen) atoms. The van der Waals surface area contributed by atoms with Crippen LogP contribution in [0.4, 0.5) is 5.69 Å². The van der Waals surface area contributed by atoms with E-state index in [1.807, 2.05) is 12.3 Å². The first-order chi connectivity index (χ1) is 10.4. The second-order valence-corrected chi connectivity index (χ2v) is 6.37. The number of nitro groups is 1. The van der Waals surface area contributed by atoms with E-state index in [-0.39, 0.29) is 10.8 Å². The molecule has 10 heteroatoms. The maximum atomic E-state index is 10.2. The summed E-state index contributed by atoms with van der Waals surface area (Å²) >= 11 is 17.6. The van der Waals surface area contributed by atoms with Crippen LogP contribution in [0.1, 0.15) is 0 Å². The third-order valence-electron chi connectivity index (χ3n) is 2.49. The van der Waals surface area contributed by atoms with Crippen LogP contribution in [0.5, 0.6) is 0 Å². The Morgan fingerprint density at radius 3 is 2.45 bits per heavy atom. The largest absolute Gasteiger partial charge is 0.359 e. The molecule has 3 aromatic rings. The van der Waals surface area contributed by atoms with Crippen LogP contribution in [0.2, 0.25) is 10.3 Å². The highest BCUT2D eigenvalue weighted by atomic mass is 79.9. The zero-order chi connectivity index (χ0) is 16.3. The lowest BCUT2D eigenvalue weighted by atomic mass is 10.3. The number of rotatable bonds is 1. The molecule has 0 amide bonds. The van der Waals surface area contributed by atoms with E-state index in [0.29, 0.717) is 9.63 Å². The normalized spacial score (nSPS) is 10.2. The molecule has 0 fully saturated rings. The smallest absolute Gasteiger partial charge is 0.307 e. The van der Waals surface area contributed by atoms with Crippen molar-refractivity contribution in [3.63, 3.8) is 0 Å². The molecule has 3 rings (SSSR count). The Labute approximate surface area is 151 Å². The number of halogens is 4. The highest BCUT2D eigenvalue weighted by molar-refractivity contribution is 9.11. The van der Waals surface area contributed by atoms with Crippen LogP contribution in [0.3, 0.4) is 0 Å². The summed E-state index contributed by atoms with van der Waals surface area (Å²) < 4.78 is 1.49. The van der Waals surface area contributed by atoms with Gasteiger partial charge >= 0.3 is 5.69 Å². The van der Waals surface area contributed by atoms with E-state index < -0.39 is 4.92 Å². The molecular formula is C12H6Br2Cl2N4O2. The maximum absolute atomic E-state index is 10.2. The van der Waals surface area contributed by atoms with Crippen molar-refractivity contribution < 1.29 is 4.92 Å². The predicted octanol–water partition coefficient (Wildman–Crippen LogP) is 5.38. The van der Waals surface area contributed by atoms with E-state index in [1.165, 1.54) is 12.3 Å². The van der Waals surface area contributed by atoms with Gasteiger partial charge in [0.2, 0.25) is 5.15 Å². The van der Waals surface area contributed by atoms with Gasteiger partial charge in [-0.1, -0.05) is 23.2 Å². The van der Waals surface area contributed by atoms with E-state index in [1.54, 1.807) is 6.20 Å². The van der Waals surface area contributed by atoms with Crippen LogP contribution < -0.4 is 0 Å². The Morgan fingerprint density at radius 2 is 1.86 bits per heavy atom. The van der Waals surface area contributed by atoms with E-state index >= 15 is 0 Å². The number of aromatic amines is 1. The van der Waals surface area contributed by atoms with Crippen molar-refractivity contribution >= 4 is 71.7 Å². The van der Waals surface area contributed by atoms with Crippen LogP contribution in [-0.2, 0) is 0 Å². The Bertz CT molecular complexity index is 805. The quantitative estimate of drug-likeness (QED) is 0.295. The molecular weight excluding hydrogens is 463 g/mol. The third kappa shape index (κ3) is 3.95. The van der Waals surface area contributed by atoms with Gasteiger partial charge in [-0.25, -0.2) is 9.97 Å². The molecule has 0 aliphatic heterocycles. The summed E-state index contributed by atoms with van der Waals surface area (Å²) in [5.74, 6) is 0. The summed E-state index contributed by atoms with van der Waals surface area (Å²) in [6.07, 6.45) is 4.93. The Kier molecular flexibility index (Phi) is 5.74. The van der Waals surface area contributed by atoms with Crippen molar-refractivity contribution in [3.05, 3.63) is 60.1 Å². The lowest BCUT2D eigenvalue weighted by Crippen LogP contribution is -1.90. The number of hydrogen-bond acceptors (Lipinski definition) is 4. The molecule has 0 saturated heterocycles. The van der Waals surface area contributed by atoms with Gasteiger partial charge in [0.15, 0.2) is 5.15 Å². The van der Waals surface area contributed by atoms with Gasteiger partial charge < -0.3 is 4.98 Å². The zero-order valence-electron chi connectivity index (χ0n) is 10.6. The lowest BCUT2D eigenvalue weighted by Gasteiger charge is -1.94. The number of fused-ring (bicyclic) bond motifs is 1. The number of aromatic nitrogens is 3. The number of H-pyrrole nitrogens is 1. The molecule has 0 spiro atoms. The van der Waals surface area contributed by atoms with Gasteiger partial charge in [-0.3, -0.25) is 10.1 Å². The van der Waals surface area contributed by atoms with Crippen molar-refractivity contribution in [2.75, 3.05) is 0 Å². The second kappa shape index (κ2) is 7.36. The minimum atomic E-state index is -0.583. The minimum absolute atomic E-state index is 0.0989. The highest BCUT2D eigenvalue weighted by Gasteiger charge is 2.12. The van der Waals surface area contributed by atoms with Crippen LogP contribution in [0.25, 0.3) is 10.9 Å². The van der Waals surface area contributed by atoms with Crippen LogP contribution in [0, 0.1) is 10.1 Å². The summed E-state index contributed by atoms with van der Waals surface area (Å²) in [4.78, 5) is 20.2. The van der Waals surface area contributed by atoms with Gasteiger partial charge in [0.25, 0.3) is 0 Å². The fourth-order valence-corrected chi connectivity index (χ4v) is 2.66. The number of nitrogens with one attached hydrogen (secondary N) is 1. The third-order valence-corrected chi connectivity index (χ3v) is 4.13. The van der Waals surface area contributed by atoms with Crippen LogP contribution in [0.15, 0.2) is 39.7 Å². The monoisotopic (exact) mass is 466 g/mol. The average molecular weight is 469 g/mol. The zero-order valence-corrected chi connectivity index (χ0v) is 15.2. The molecule has 0 unspecified atom stereocenters. The van der Waals surface area contributed by atoms with Crippen molar-refractivity contribution in [1.29, 1.82) is 0 Å². The lowest BCUT2D eigenvalue weighted by molar-refractivity contribution is -0.385. The first kappa shape index (κ1) is 17.1. The summed E-state index contributed by atoms with van der Waals surface area (Å²) in [6.45, 7) is 0. The molecule has 6 nitrogen and oxygen atoms in total. The molecule has 0 aliphatic carbocycles. The maximum Gasteiger partial charge on any atom is 0.307 e. The Morgan fingerprint density at radius 1 is 1.18 bits per heavy atom. The van der Waals surface area contributed by atoms with Gasteiger partial charge in [0.1, 0.15) is 0 Å². The van der Waals surface area contributed by atoms with Crippen molar-refractivity contribution in [3.8, 4) is 0 Å². The van der Waals surface area contributed by atoms with E-state index in [4.69, 9.17) is 23.2 Å². The Balaban J connectivity index is 0.000000160. The molecule has 0 aromatic carbocycles. The van der Waals surface area contributed by atoms with Gasteiger partial charge in [-0.2, -0.15) is 0 Å². The van der Waals surface area contributed by atoms with E-state index in [0.717, 1.165) is 15.4 Å². The fourth-order valence-electron chi connectivity index (χ4n) is 1.53. The standard InChI is InChI=1S/C7H4BrClN2.C5H2BrClN2O2/c8-5-3-11-7(9)6-4(5)1-2-10-6;6-3-1-4(9(10)11)5(7)8-2-3/h1-3,10H;1-2H. The predicted molar refractivity (Wildman–Crippen MR) is 92.4 cm³/mol. The SMILES string of the molecule is Clc1ncc(Br)c2cc[nH]c12.O=[N+]([O-])c1cc(Br)cnc1Cl. The molecule has 0 radical (unpaired) electrons. The molecule has 0 saturated carbocycles. The van der Waals surface area contributed by atoms with E-state index in [9.17, 15) is 10.1 Å². The van der Waals surface area contributed by atoms with Crippen LogP contribution in [-0.4, -0.2) is 19.9 Å². The van der Waals surface area contributed by atoms with Gasteiger partial charge in [-0.05, 0) is 37.9 Å². The highest BCUT2D eigenvalue weighted by Crippen LogP contribution is 2.26. The fraction of sp³-hybridized carbons (Fsp3) is 0. The molecule has 0 bridgehead atoms. The summed E-state index contributed by atoms with van der Waals surface area (Å²) in [7, 11) is 0. The molecule has 0 aliphatic rings. The summed E-state index contributed by atoms with van der Waals surface area (Å²) in [5, 5.41) is 11.7. The van der Waals surface area contributed by atoms with Gasteiger partial charge in [0.05, 0.1) is 10.4 Å². The minimum Gasteiger partial charge on any atom is -0.359 e. The molecule has 1 N–H and O–H groups in total.